The molecule has 0 bridgehead atoms. The first kappa shape index (κ1) is 42.5. The molecule has 2 aromatic carbocycles. The Morgan fingerprint density at radius 3 is 2.17 bits per heavy atom. The molecule has 5 N–H and O–H groups in total. The van der Waals surface area contributed by atoms with Crippen LogP contribution in [-0.2, 0) is 20.9 Å². The molecule has 0 aliphatic carbocycles. The van der Waals surface area contributed by atoms with Gasteiger partial charge in [0.2, 0.25) is 10.0 Å². The Balaban J connectivity index is 0.000000239. The molecule has 0 unspecified atom stereocenters. The average molecular weight is 760 g/mol. The first-order valence-electron chi connectivity index (χ1n) is 16.4. The van der Waals surface area contributed by atoms with E-state index < -0.39 is 45.5 Å². The number of nitrogens with two attached hydrogens (primary N) is 1. The summed E-state index contributed by atoms with van der Waals surface area (Å²) in [5.41, 5.74) is 3.14. The second kappa shape index (κ2) is 18.8. The molecule has 286 valence electrons. The van der Waals surface area contributed by atoms with Gasteiger partial charge in [0, 0.05) is 17.3 Å². The highest BCUT2D eigenvalue weighted by Gasteiger charge is 2.35. The molecule has 12 nitrogen and oxygen atoms in total. The van der Waals surface area contributed by atoms with Gasteiger partial charge in [-0.25, -0.2) is 23.0 Å². The predicted octanol–water partition coefficient (Wildman–Crippen LogP) is 5.48. The summed E-state index contributed by atoms with van der Waals surface area (Å²) in [6, 6.07) is 13.1. The number of alkyl halides is 3. The van der Waals surface area contributed by atoms with Crippen LogP contribution >= 0.6 is 0 Å². The number of rotatable bonds is 9. The van der Waals surface area contributed by atoms with Crippen molar-refractivity contribution in [3.63, 3.8) is 0 Å². The predicted molar refractivity (Wildman–Crippen MR) is 196 cm³/mol. The summed E-state index contributed by atoms with van der Waals surface area (Å²) in [7, 11) is -3.90. The minimum absolute atomic E-state index is 0.135. The Labute approximate surface area is 305 Å². The highest BCUT2D eigenvalue weighted by atomic mass is 32.2. The molecule has 5 rings (SSSR count). The quantitative estimate of drug-likeness (QED) is 0.162. The zero-order valence-electron chi connectivity index (χ0n) is 30.0. The Hall–Kier alpha value is -4.87. The van der Waals surface area contributed by atoms with Crippen molar-refractivity contribution in [2.75, 3.05) is 13.2 Å². The first-order valence-corrected chi connectivity index (χ1v) is 17.9. The number of aliphatic hydroxyl groups excluding tert-OH is 2. The van der Waals surface area contributed by atoms with Gasteiger partial charge in [0.1, 0.15) is 6.10 Å². The molecule has 0 radical (unpaired) electrons. The number of halogens is 3. The number of sulfonamides is 1. The summed E-state index contributed by atoms with van der Waals surface area (Å²) in [5, 5.41) is 26.1. The van der Waals surface area contributed by atoms with Gasteiger partial charge in [-0.2, -0.15) is 18.3 Å². The smallest absolute Gasteiger partial charge is 0.393 e. The lowest BCUT2D eigenvalue weighted by atomic mass is 10.1. The molecule has 1 aliphatic rings. The van der Waals surface area contributed by atoms with Crippen LogP contribution in [0.15, 0.2) is 111 Å². The standard InChI is InChI=1S/C17H14F3N3O2S.C10H12N2O4.C10H18O/c1-11-2-4-12(5-3-11)15-10-16(17(18,19)20)22-23(15)13-6-8-14(9-7-13)26(21,24)25;1-6-4-12(10(15)11-9(6)14)8-3-2-7(5-13)16-8;1-9(2)5-4-6-10(3)7-8-11/h2-10H,1H3,(H2,21,24,25);2-4,7-8,13H,5H2,1H3,(H,11,14,15);5,7,11H,4,6,8H2,1-3H3/b;;10-7+/t;7-,8+;/m.0./s1. The lowest BCUT2D eigenvalue weighted by Gasteiger charge is -2.14. The van der Waals surface area contributed by atoms with Crippen molar-refractivity contribution in [1.29, 1.82) is 0 Å². The van der Waals surface area contributed by atoms with Gasteiger partial charge in [0.15, 0.2) is 11.9 Å². The van der Waals surface area contributed by atoms with Crippen molar-refractivity contribution in [1.82, 2.24) is 19.3 Å². The number of allylic oxidation sites excluding steroid dienone is 3. The van der Waals surface area contributed by atoms with Crippen molar-refractivity contribution >= 4 is 10.0 Å². The number of nitrogens with one attached hydrogen (secondary N) is 1. The van der Waals surface area contributed by atoms with E-state index in [1.165, 1.54) is 46.2 Å². The van der Waals surface area contributed by atoms with Gasteiger partial charge in [-0.3, -0.25) is 14.3 Å². The third-order valence-corrected chi connectivity index (χ3v) is 8.62. The third kappa shape index (κ3) is 12.6. The molecule has 3 heterocycles. The molecule has 0 saturated heterocycles. The van der Waals surface area contributed by atoms with Crippen LogP contribution < -0.4 is 16.4 Å². The van der Waals surface area contributed by atoms with Crippen LogP contribution in [0.3, 0.4) is 0 Å². The van der Waals surface area contributed by atoms with Crippen molar-refractivity contribution in [3.8, 4) is 16.9 Å². The molecule has 53 heavy (non-hydrogen) atoms. The second-order valence-corrected chi connectivity index (χ2v) is 14.0. The van der Waals surface area contributed by atoms with Crippen molar-refractivity contribution in [2.45, 2.75) is 70.9 Å². The topological polar surface area (TPSA) is 183 Å². The van der Waals surface area contributed by atoms with E-state index in [0.29, 0.717) is 11.1 Å². The van der Waals surface area contributed by atoms with Crippen molar-refractivity contribution in [3.05, 3.63) is 134 Å². The minimum Gasteiger partial charge on any atom is -0.393 e. The molecule has 0 spiro atoms. The van der Waals surface area contributed by atoms with E-state index >= 15 is 0 Å². The van der Waals surface area contributed by atoms with Crippen LogP contribution in [0.4, 0.5) is 13.2 Å². The number of aromatic amines is 1. The fraction of sp³-hybridized carbons (Fsp3) is 0.324. The first-order chi connectivity index (χ1) is 24.8. The summed E-state index contributed by atoms with van der Waals surface area (Å²) in [6.45, 7) is 9.77. The number of aromatic nitrogens is 4. The molecule has 0 saturated carbocycles. The van der Waals surface area contributed by atoms with E-state index in [2.05, 4.69) is 36.9 Å². The number of nitrogens with zero attached hydrogens (tertiary/aromatic N) is 3. The number of hydrogen-bond donors (Lipinski definition) is 4. The summed E-state index contributed by atoms with van der Waals surface area (Å²) < 4.78 is 69.8. The van der Waals surface area contributed by atoms with Gasteiger partial charge in [0.25, 0.3) is 5.56 Å². The number of aliphatic hydroxyl groups is 2. The van der Waals surface area contributed by atoms with Gasteiger partial charge < -0.3 is 14.9 Å². The lowest BCUT2D eigenvalue weighted by molar-refractivity contribution is -0.141. The summed E-state index contributed by atoms with van der Waals surface area (Å²) in [5.74, 6) is 0. The minimum atomic E-state index is -4.61. The van der Waals surface area contributed by atoms with Gasteiger partial charge in [-0.1, -0.05) is 59.2 Å². The van der Waals surface area contributed by atoms with Crippen LogP contribution in [0.25, 0.3) is 16.9 Å². The zero-order chi connectivity index (χ0) is 39.5. The van der Waals surface area contributed by atoms with Gasteiger partial charge in [-0.05, 0) is 83.9 Å². The highest BCUT2D eigenvalue weighted by molar-refractivity contribution is 7.89. The Morgan fingerprint density at radius 1 is 1.00 bits per heavy atom. The number of aryl methyl sites for hydroxylation is 2. The molecule has 2 aromatic heterocycles. The van der Waals surface area contributed by atoms with E-state index in [4.69, 9.17) is 20.1 Å². The monoisotopic (exact) mass is 759 g/mol. The lowest BCUT2D eigenvalue weighted by Crippen LogP contribution is -2.33. The SMILES string of the molecule is CC(C)=CCC/C(C)=C/CO.Cc1ccc(-c2cc(C(F)(F)F)nn2-c2ccc(S(N)(=O)=O)cc2)cc1.Cc1cn([C@H]2C=C[C@@H](CO)O2)c(=O)[nH]c1=O. The molecular weight excluding hydrogens is 715 g/mol. The van der Waals surface area contributed by atoms with Gasteiger partial charge in [0.05, 0.1) is 29.5 Å². The van der Waals surface area contributed by atoms with Crippen LogP contribution in [0.5, 0.6) is 0 Å². The molecule has 16 heteroatoms. The van der Waals surface area contributed by atoms with E-state index in [-0.39, 0.29) is 29.5 Å². The largest absolute Gasteiger partial charge is 0.435 e. The van der Waals surface area contributed by atoms with E-state index in [1.54, 1.807) is 43.3 Å². The zero-order valence-corrected chi connectivity index (χ0v) is 30.8. The summed E-state index contributed by atoms with van der Waals surface area (Å²) in [4.78, 5) is 24.7. The normalized spacial score (nSPS) is 15.6. The number of hydrogen-bond acceptors (Lipinski definition) is 8. The van der Waals surface area contributed by atoms with Crippen LogP contribution in [0.1, 0.15) is 56.7 Å². The number of ether oxygens (including phenoxy) is 1. The van der Waals surface area contributed by atoms with Gasteiger partial charge >= 0.3 is 11.9 Å². The molecule has 1 aliphatic heterocycles. The van der Waals surface area contributed by atoms with E-state index in [0.717, 1.165) is 29.2 Å². The van der Waals surface area contributed by atoms with E-state index in [1.807, 2.05) is 13.0 Å². The van der Waals surface area contributed by atoms with Crippen molar-refractivity contribution < 1.29 is 36.5 Å². The fourth-order valence-electron chi connectivity index (χ4n) is 4.80. The molecule has 0 fully saturated rings. The maximum atomic E-state index is 13.1. The second-order valence-electron chi connectivity index (χ2n) is 12.4. The van der Waals surface area contributed by atoms with Gasteiger partial charge in [-0.15, -0.1) is 0 Å². The van der Waals surface area contributed by atoms with Crippen LogP contribution in [0, 0.1) is 13.8 Å². The Morgan fingerprint density at radius 2 is 1.64 bits per heavy atom. The van der Waals surface area contributed by atoms with Crippen LogP contribution in [-0.4, -0.2) is 57.3 Å². The van der Waals surface area contributed by atoms with Crippen LogP contribution in [0.2, 0.25) is 0 Å². The molecule has 4 aromatic rings. The maximum Gasteiger partial charge on any atom is 0.435 e. The number of H-pyrrole nitrogens is 1. The fourth-order valence-corrected chi connectivity index (χ4v) is 5.31. The maximum absolute atomic E-state index is 13.1. The molecular formula is C37H44F3N5O7S. The van der Waals surface area contributed by atoms with E-state index in [9.17, 15) is 31.2 Å². The summed E-state index contributed by atoms with van der Waals surface area (Å²) in [6.07, 6.45) is 5.44. The Kier molecular flexibility index (Phi) is 15.1. The van der Waals surface area contributed by atoms with Crippen molar-refractivity contribution in [2.24, 2.45) is 5.14 Å². The number of primary sulfonamides is 1. The third-order valence-electron chi connectivity index (χ3n) is 7.69. The molecule has 0 amide bonds. The number of benzene rings is 2. The molecule has 2 atom stereocenters. The summed E-state index contributed by atoms with van der Waals surface area (Å²) >= 11 is 0. The Bertz CT molecular complexity index is 2150. The average Bonchev–Trinajstić information content (AvgIpc) is 3.76. The highest BCUT2D eigenvalue weighted by Crippen LogP contribution is 2.33.